The fraction of sp³-hybridized carbons (Fsp3) is 0.429. The summed E-state index contributed by atoms with van der Waals surface area (Å²) in [5.41, 5.74) is 1.91. The summed E-state index contributed by atoms with van der Waals surface area (Å²) in [7, 11) is 0. The van der Waals surface area contributed by atoms with Crippen molar-refractivity contribution in [2.45, 2.75) is 40.3 Å². The van der Waals surface area contributed by atoms with Gasteiger partial charge in [-0.2, -0.15) is 5.10 Å². The maximum Gasteiger partial charge on any atom is 0.190 e. The largest absolute Gasteiger partial charge is 0.310 e. The molecule has 0 amide bonds. The van der Waals surface area contributed by atoms with Crippen molar-refractivity contribution >= 4 is 11.6 Å². The molecule has 2 aromatic rings. The first-order valence-corrected chi connectivity index (χ1v) is 6.88. The predicted octanol–water partition coefficient (Wildman–Crippen LogP) is 3.17. The number of aryl methyl sites for hydroxylation is 1. The molecule has 0 spiro atoms. The average molecular weight is 297 g/mol. The molecule has 0 saturated heterocycles. The molecule has 0 atom stereocenters. The van der Waals surface area contributed by atoms with E-state index in [0.717, 1.165) is 0 Å². The second kappa shape index (κ2) is 5.89. The minimum Gasteiger partial charge on any atom is -0.310 e. The second-order valence-corrected chi connectivity index (χ2v) is 5.42. The van der Waals surface area contributed by atoms with Crippen molar-refractivity contribution in [3.8, 4) is 5.82 Å². The van der Waals surface area contributed by atoms with Crippen molar-refractivity contribution in [1.29, 1.82) is 0 Å². The van der Waals surface area contributed by atoms with Crippen LogP contribution in [0.2, 0.25) is 5.02 Å². The third-order valence-corrected chi connectivity index (χ3v) is 3.60. The van der Waals surface area contributed by atoms with Crippen LogP contribution in [0.5, 0.6) is 0 Å². The van der Waals surface area contributed by atoms with E-state index in [1.165, 1.54) is 4.68 Å². The summed E-state index contributed by atoms with van der Waals surface area (Å²) >= 11 is 6.10. The van der Waals surface area contributed by atoms with E-state index in [0.29, 0.717) is 28.5 Å². The van der Waals surface area contributed by atoms with E-state index in [9.17, 15) is 4.39 Å². The fourth-order valence-electron chi connectivity index (χ4n) is 1.90. The topological polar surface area (TPSA) is 42.7 Å². The number of nitrogens with zero attached hydrogens (tertiary/aromatic N) is 3. The number of hydrogen-bond donors (Lipinski definition) is 1. The van der Waals surface area contributed by atoms with Crippen LogP contribution in [0.25, 0.3) is 5.82 Å². The van der Waals surface area contributed by atoms with Gasteiger partial charge in [0.2, 0.25) is 0 Å². The molecule has 0 radical (unpaired) electrons. The molecular formula is C14H18ClFN4. The van der Waals surface area contributed by atoms with Crippen molar-refractivity contribution in [3.05, 3.63) is 40.1 Å². The molecule has 0 aliphatic carbocycles. The van der Waals surface area contributed by atoms with Gasteiger partial charge in [-0.1, -0.05) is 25.4 Å². The highest BCUT2D eigenvalue weighted by atomic mass is 35.5. The van der Waals surface area contributed by atoms with Gasteiger partial charge in [-0.25, -0.2) is 14.1 Å². The lowest BCUT2D eigenvalue weighted by Crippen LogP contribution is -2.23. The summed E-state index contributed by atoms with van der Waals surface area (Å²) in [6.45, 7) is 8.06. The molecule has 20 heavy (non-hydrogen) atoms. The zero-order valence-corrected chi connectivity index (χ0v) is 12.8. The van der Waals surface area contributed by atoms with Gasteiger partial charge in [0.25, 0.3) is 0 Å². The summed E-state index contributed by atoms with van der Waals surface area (Å²) in [5.74, 6) is -0.191. The van der Waals surface area contributed by atoms with Crippen molar-refractivity contribution in [2.75, 3.05) is 0 Å². The number of pyridine rings is 1. The lowest BCUT2D eigenvalue weighted by atomic mass is 10.2. The average Bonchev–Trinajstić information content (AvgIpc) is 2.65. The number of halogens is 2. The van der Waals surface area contributed by atoms with Crippen LogP contribution in [-0.2, 0) is 6.54 Å². The van der Waals surface area contributed by atoms with E-state index in [1.807, 2.05) is 13.8 Å². The lowest BCUT2D eigenvalue weighted by molar-refractivity contribution is 0.541. The molecule has 2 heterocycles. The van der Waals surface area contributed by atoms with Crippen LogP contribution in [-0.4, -0.2) is 20.8 Å². The van der Waals surface area contributed by atoms with Gasteiger partial charge in [0.1, 0.15) is 0 Å². The van der Waals surface area contributed by atoms with E-state index in [1.54, 1.807) is 26.1 Å². The van der Waals surface area contributed by atoms with Gasteiger partial charge in [-0.05, 0) is 19.9 Å². The van der Waals surface area contributed by atoms with Crippen LogP contribution in [0.4, 0.5) is 4.39 Å². The van der Waals surface area contributed by atoms with E-state index in [4.69, 9.17) is 11.6 Å². The monoisotopic (exact) mass is 296 g/mol. The predicted molar refractivity (Wildman–Crippen MR) is 77.8 cm³/mol. The van der Waals surface area contributed by atoms with Crippen molar-refractivity contribution < 1.29 is 4.39 Å². The van der Waals surface area contributed by atoms with Crippen LogP contribution in [0.15, 0.2) is 12.3 Å². The molecule has 0 bridgehead atoms. The molecule has 4 nitrogen and oxygen atoms in total. The Balaban J connectivity index is 2.42. The quantitative estimate of drug-likeness (QED) is 0.942. The highest BCUT2D eigenvalue weighted by molar-refractivity contribution is 6.31. The first-order chi connectivity index (χ1) is 9.41. The van der Waals surface area contributed by atoms with Gasteiger partial charge in [0, 0.05) is 24.3 Å². The third kappa shape index (κ3) is 2.83. The molecule has 6 heteroatoms. The third-order valence-electron chi connectivity index (χ3n) is 3.06. The first kappa shape index (κ1) is 14.9. The van der Waals surface area contributed by atoms with Gasteiger partial charge in [-0.3, -0.25) is 0 Å². The molecular weight excluding hydrogens is 279 g/mol. The molecule has 0 unspecified atom stereocenters. The number of nitrogens with one attached hydrogen (secondary N) is 1. The Bertz CT molecular complexity index is 622. The lowest BCUT2D eigenvalue weighted by Gasteiger charge is -2.11. The molecule has 0 saturated carbocycles. The zero-order chi connectivity index (χ0) is 14.9. The summed E-state index contributed by atoms with van der Waals surface area (Å²) in [5, 5.41) is 7.97. The van der Waals surface area contributed by atoms with Gasteiger partial charge >= 0.3 is 0 Å². The minimum atomic E-state index is -0.372. The summed E-state index contributed by atoms with van der Waals surface area (Å²) in [6.07, 6.45) is 1.58. The molecule has 0 aromatic carbocycles. The summed E-state index contributed by atoms with van der Waals surface area (Å²) in [6, 6.07) is 1.95. The maximum atomic E-state index is 14.5. The molecule has 0 fully saturated rings. The molecule has 1 N–H and O–H groups in total. The minimum absolute atomic E-state index is 0.181. The Morgan fingerprint density at radius 3 is 2.65 bits per heavy atom. The van der Waals surface area contributed by atoms with Crippen LogP contribution in [0, 0.1) is 19.7 Å². The molecule has 108 valence electrons. The standard InChI is InChI=1S/C14H18ClFN4/c1-8(2)18-7-11-5-6-17-14(13(11)16)20-10(4)12(15)9(3)19-20/h5-6,8,18H,7H2,1-4H3. The summed E-state index contributed by atoms with van der Waals surface area (Å²) in [4.78, 5) is 4.09. The van der Waals surface area contributed by atoms with E-state index >= 15 is 0 Å². The summed E-state index contributed by atoms with van der Waals surface area (Å²) < 4.78 is 16.0. The number of hydrogen-bond acceptors (Lipinski definition) is 3. The Kier molecular flexibility index (Phi) is 4.40. The van der Waals surface area contributed by atoms with Crippen LogP contribution in [0.1, 0.15) is 30.8 Å². The second-order valence-electron chi connectivity index (χ2n) is 5.04. The normalized spacial score (nSPS) is 11.3. The van der Waals surface area contributed by atoms with Crippen molar-refractivity contribution in [3.63, 3.8) is 0 Å². The molecule has 0 aliphatic heterocycles. The highest BCUT2D eigenvalue weighted by Crippen LogP contribution is 2.23. The Hall–Kier alpha value is -1.46. The van der Waals surface area contributed by atoms with E-state index in [-0.39, 0.29) is 17.7 Å². The fourth-order valence-corrected chi connectivity index (χ4v) is 2.02. The van der Waals surface area contributed by atoms with E-state index < -0.39 is 0 Å². The zero-order valence-electron chi connectivity index (χ0n) is 12.0. The molecule has 0 aliphatic rings. The van der Waals surface area contributed by atoms with Gasteiger partial charge < -0.3 is 5.32 Å². The van der Waals surface area contributed by atoms with Gasteiger partial charge in [0.05, 0.1) is 16.4 Å². The van der Waals surface area contributed by atoms with Gasteiger partial charge in [-0.15, -0.1) is 0 Å². The number of aromatic nitrogens is 3. The van der Waals surface area contributed by atoms with Crippen molar-refractivity contribution in [1.82, 2.24) is 20.1 Å². The molecule has 2 aromatic heterocycles. The Labute approximate surface area is 123 Å². The van der Waals surface area contributed by atoms with Crippen LogP contribution < -0.4 is 5.32 Å². The van der Waals surface area contributed by atoms with Gasteiger partial charge in [0.15, 0.2) is 11.6 Å². The Morgan fingerprint density at radius 2 is 2.10 bits per heavy atom. The first-order valence-electron chi connectivity index (χ1n) is 6.50. The smallest absolute Gasteiger partial charge is 0.190 e. The van der Waals surface area contributed by atoms with Crippen LogP contribution in [0.3, 0.4) is 0 Å². The van der Waals surface area contributed by atoms with E-state index in [2.05, 4.69) is 15.4 Å². The highest BCUT2D eigenvalue weighted by Gasteiger charge is 2.17. The Morgan fingerprint density at radius 1 is 1.40 bits per heavy atom. The maximum absolute atomic E-state index is 14.5. The molecule has 2 rings (SSSR count). The SMILES string of the molecule is Cc1nn(-c2nccc(CNC(C)C)c2F)c(C)c1Cl. The van der Waals surface area contributed by atoms with Crippen molar-refractivity contribution in [2.24, 2.45) is 0 Å². The van der Waals surface area contributed by atoms with Crippen LogP contribution >= 0.6 is 11.6 Å². The number of rotatable bonds is 4.